The van der Waals surface area contributed by atoms with Crippen molar-refractivity contribution < 1.29 is 4.79 Å². The molecule has 0 saturated carbocycles. The van der Waals surface area contributed by atoms with Crippen LogP contribution in [0.15, 0.2) is 46.2 Å². The Morgan fingerprint density at radius 1 is 1.11 bits per heavy atom. The van der Waals surface area contributed by atoms with E-state index in [1.54, 1.807) is 18.2 Å². The maximum Gasteiger partial charge on any atom is 0.249 e. The number of amides is 1. The summed E-state index contributed by atoms with van der Waals surface area (Å²) in [6, 6.07) is 11.4. The summed E-state index contributed by atoms with van der Waals surface area (Å²) in [6.07, 6.45) is 0. The van der Waals surface area contributed by atoms with E-state index in [9.17, 15) is 4.79 Å². The molecule has 0 bridgehead atoms. The van der Waals surface area contributed by atoms with Crippen LogP contribution >= 0.6 is 11.8 Å². The normalized spacial score (nSPS) is 10.4. The monoisotopic (exact) mass is 272 g/mol. The number of hydrogen-bond acceptors (Lipinski definition) is 3. The van der Waals surface area contributed by atoms with Gasteiger partial charge in [0.2, 0.25) is 5.91 Å². The van der Waals surface area contributed by atoms with Crippen molar-refractivity contribution in [3.8, 4) is 0 Å². The van der Waals surface area contributed by atoms with Crippen molar-refractivity contribution in [2.75, 3.05) is 5.73 Å². The molecule has 0 unspecified atom stereocenters. The van der Waals surface area contributed by atoms with Crippen LogP contribution in [-0.2, 0) is 0 Å². The molecule has 98 valence electrons. The highest BCUT2D eigenvalue weighted by molar-refractivity contribution is 7.99. The lowest BCUT2D eigenvalue weighted by molar-refractivity contribution is 0.0997. The Balaban J connectivity index is 2.42. The van der Waals surface area contributed by atoms with Crippen LogP contribution in [0.5, 0.6) is 0 Å². The van der Waals surface area contributed by atoms with Gasteiger partial charge in [0.15, 0.2) is 0 Å². The summed E-state index contributed by atoms with van der Waals surface area (Å²) < 4.78 is 0. The van der Waals surface area contributed by atoms with Gasteiger partial charge in [0.05, 0.1) is 5.56 Å². The minimum absolute atomic E-state index is 0.460. The molecule has 2 rings (SSSR count). The Morgan fingerprint density at radius 2 is 1.84 bits per heavy atom. The summed E-state index contributed by atoms with van der Waals surface area (Å²) in [5.74, 6) is -0.460. The van der Waals surface area contributed by atoms with Crippen molar-refractivity contribution in [3.05, 3.63) is 53.1 Å². The second-order valence-electron chi connectivity index (χ2n) is 4.44. The molecule has 4 heteroatoms. The standard InChI is InChI=1S/C15H16N2OS/c1-9-6-7-11(8-10(9)2)19-14-12(15(17)18)4-3-5-13(14)16/h3-8H,16H2,1-2H3,(H2,17,18). The molecule has 0 aliphatic heterocycles. The summed E-state index contributed by atoms with van der Waals surface area (Å²) in [5, 5.41) is 0. The second-order valence-corrected chi connectivity index (χ2v) is 5.52. The molecule has 1 amide bonds. The average molecular weight is 272 g/mol. The van der Waals surface area contributed by atoms with Gasteiger partial charge in [-0.2, -0.15) is 0 Å². The Hall–Kier alpha value is -1.94. The Labute approximate surface area is 117 Å². The Kier molecular flexibility index (Phi) is 3.81. The third kappa shape index (κ3) is 2.90. The third-order valence-corrected chi connectivity index (χ3v) is 4.16. The van der Waals surface area contributed by atoms with E-state index in [1.807, 2.05) is 6.07 Å². The van der Waals surface area contributed by atoms with Crippen molar-refractivity contribution in [2.45, 2.75) is 23.6 Å². The SMILES string of the molecule is Cc1ccc(Sc2c(N)cccc2C(N)=O)cc1C. The molecule has 0 heterocycles. The molecule has 0 fully saturated rings. The molecule has 0 atom stereocenters. The van der Waals surface area contributed by atoms with Crippen LogP contribution in [0.2, 0.25) is 0 Å². The predicted octanol–water partition coefficient (Wildman–Crippen LogP) is 3.14. The van der Waals surface area contributed by atoms with Crippen LogP contribution in [0.25, 0.3) is 0 Å². The van der Waals surface area contributed by atoms with E-state index < -0.39 is 5.91 Å². The lowest BCUT2D eigenvalue weighted by atomic mass is 10.1. The summed E-state index contributed by atoms with van der Waals surface area (Å²) in [6.45, 7) is 4.12. The van der Waals surface area contributed by atoms with E-state index in [2.05, 4.69) is 26.0 Å². The first kappa shape index (κ1) is 13.5. The molecule has 4 N–H and O–H groups in total. The van der Waals surface area contributed by atoms with Crippen LogP contribution in [-0.4, -0.2) is 5.91 Å². The quantitative estimate of drug-likeness (QED) is 0.843. The average Bonchev–Trinajstić information content (AvgIpc) is 2.36. The first-order valence-electron chi connectivity index (χ1n) is 5.92. The molecule has 19 heavy (non-hydrogen) atoms. The third-order valence-electron chi connectivity index (χ3n) is 3.01. The van der Waals surface area contributed by atoms with Crippen LogP contribution < -0.4 is 11.5 Å². The minimum Gasteiger partial charge on any atom is -0.398 e. The number of primary amides is 1. The van der Waals surface area contributed by atoms with Crippen molar-refractivity contribution >= 4 is 23.4 Å². The highest BCUT2D eigenvalue weighted by Crippen LogP contribution is 2.35. The van der Waals surface area contributed by atoms with Gasteiger partial charge in [-0.1, -0.05) is 23.9 Å². The highest BCUT2D eigenvalue weighted by atomic mass is 32.2. The smallest absolute Gasteiger partial charge is 0.249 e. The summed E-state index contributed by atoms with van der Waals surface area (Å²) >= 11 is 1.47. The van der Waals surface area contributed by atoms with Crippen molar-refractivity contribution in [2.24, 2.45) is 5.73 Å². The van der Waals surface area contributed by atoms with Crippen molar-refractivity contribution in [1.29, 1.82) is 0 Å². The molecule has 0 aliphatic rings. The van der Waals surface area contributed by atoms with Crippen molar-refractivity contribution in [3.63, 3.8) is 0 Å². The van der Waals surface area contributed by atoms with Gasteiger partial charge in [0, 0.05) is 15.5 Å². The number of carbonyl (C=O) groups excluding carboxylic acids is 1. The van der Waals surface area contributed by atoms with E-state index in [1.165, 1.54) is 22.9 Å². The molecule has 3 nitrogen and oxygen atoms in total. The summed E-state index contributed by atoms with van der Waals surface area (Å²) in [5.41, 5.74) is 14.8. The zero-order valence-corrected chi connectivity index (χ0v) is 11.8. The Morgan fingerprint density at radius 3 is 2.47 bits per heavy atom. The van der Waals surface area contributed by atoms with Crippen LogP contribution in [0.1, 0.15) is 21.5 Å². The molecule has 2 aromatic rings. The van der Waals surface area contributed by atoms with Crippen LogP contribution in [0, 0.1) is 13.8 Å². The fraction of sp³-hybridized carbons (Fsp3) is 0.133. The van der Waals surface area contributed by atoms with E-state index in [0.717, 1.165) is 9.79 Å². The Bertz CT molecular complexity index is 638. The molecule has 0 saturated heterocycles. The fourth-order valence-electron chi connectivity index (χ4n) is 1.76. The van der Waals surface area contributed by atoms with E-state index >= 15 is 0 Å². The maximum absolute atomic E-state index is 11.4. The number of benzene rings is 2. The van der Waals surface area contributed by atoms with Crippen LogP contribution in [0.4, 0.5) is 5.69 Å². The molecule has 0 aromatic heterocycles. The van der Waals surface area contributed by atoms with E-state index in [4.69, 9.17) is 11.5 Å². The molecular formula is C15H16N2OS. The number of nitrogens with two attached hydrogens (primary N) is 2. The second kappa shape index (κ2) is 5.36. The predicted molar refractivity (Wildman–Crippen MR) is 79.4 cm³/mol. The van der Waals surface area contributed by atoms with Gasteiger partial charge >= 0.3 is 0 Å². The number of carbonyl (C=O) groups is 1. The van der Waals surface area contributed by atoms with E-state index in [-0.39, 0.29) is 0 Å². The zero-order chi connectivity index (χ0) is 14.0. The van der Waals surface area contributed by atoms with Gasteiger partial charge in [-0.25, -0.2) is 0 Å². The lowest BCUT2D eigenvalue weighted by Crippen LogP contribution is -2.13. The number of hydrogen-bond donors (Lipinski definition) is 2. The first-order chi connectivity index (χ1) is 8.99. The zero-order valence-electron chi connectivity index (χ0n) is 10.9. The molecule has 0 radical (unpaired) electrons. The summed E-state index contributed by atoms with van der Waals surface area (Å²) in [7, 11) is 0. The number of rotatable bonds is 3. The highest BCUT2D eigenvalue weighted by Gasteiger charge is 2.12. The summed E-state index contributed by atoms with van der Waals surface area (Å²) in [4.78, 5) is 13.2. The van der Waals surface area contributed by atoms with Gasteiger partial charge < -0.3 is 11.5 Å². The fourth-order valence-corrected chi connectivity index (χ4v) is 2.83. The first-order valence-corrected chi connectivity index (χ1v) is 6.74. The topological polar surface area (TPSA) is 69.1 Å². The number of anilines is 1. The molecular weight excluding hydrogens is 256 g/mol. The lowest BCUT2D eigenvalue weighted by Gasteiger charge is -2.10. The van der Waals surface area contributed by atoms with Gasteiger partial charge in [-0.15, -0.1) is 0 Å². The molecule has 0 aliphatic carbocycles. The maximum atomic E-state index is 11.4. The van der Waals surface area contributed by atoms with Gasteiger partial charge in [0.1, 0.15) is 0 Å². The number of nitrogen functional groups attached to an aromatic ring is 1. The largest absolute Gasteiger partial charge is 0.398 e. The molecule has 2 aromatic carbocycles. The number of aryl methyl sites for hydroxylation is 2. The minimum atomic E-state index is -0.460. The van der Waals surface area contributed by atoms with Gasteiger partial charge in [0.25, 0.3) is 0 Å². The molecule has 0 spiro atoms. The van der Waals surface area contributed by atoms with Gasteiger partial charge in [-0.3, -0.25) is 4.79 Å². The van der Waals surface area contributed by atoms with Crippen LogP contribution in [0.3, 0.4) is 0 Å². The van der Waals surface area contributed by atoms with Crippen molar-refractivity contribution in [1.82, 2.24) is 0 Å². The van der Waals surface area contributed by atoms with E-state index in [0.29, 0.717) is 11.3 Å². The van der Waals surface area contributed by atoms with Gasteiger partial charge in [-0.05, 0) is 49.2 Å².